The number of amides is 2. The molecule has 0 bridgehead atoms. The van der Waals surface area contributed by atoms with E-state index in [1.54, 1.807) is 12.0 Å². The van der Waals surface area contributed by atoms with E-state index in [1.165, 1.54) is 0 Å². The zero-order valence-electron chi connectivity index (χ0n) is 13.0. The van der Waals surface area contributed by atoms with E-state index in [9.17, 15) is 9.59 Å². The smallest absolute Gasteiger partial charge is 0.317 e. The number of rotatable bonds is 6. The molecule has 1 heterocycles. The molecule has 2 amide bonds. The first-order valence-corrected chi connectivity index (χ1v) is 7.43. The second kappa shape index (κ2) is 6.19. The molecule has 1 saturated heterocycles. The number of likely N-dealkylation sites (N-methyl/N-ethyl adjacent to an activating group) is 1. The first-order chi connectivity index (χ1) is 9.86. The average molecular weight is 299 g/mol. The molecule has 120 valence electrons. The zero-order valence-corrected chi connectivity index (χ0v) is 13.0. The average Bonchev–Trinajstić information content (AvgIpc) is 2.35. The number of urea groups is 1. The summed E-state index contributed by atoms with van der Waals surface area (Å²) in [7, 11) is 1.66. The van der Waals surface area contributed by atoms with Crippen molar-refractivity contribution in [1.82, 2.24) is 15.1 Å². The standard InChI is InChI=1S/C14H25N3O4/c1-4-16(7-12(18)19)11-5-10(6-11)15-13(20)17-8-14(2,9-17)21-3/h10-11H,4-9H2,1-3H3,(H,15,20)(H,18,19). The lowest BCUT2D eigenvalue weighted by Crippen LogP contribution is -2.66. The van der Waals surface area contributed by atoms with E-state index in [2.05, 4.69) is 5.32 Å². The number of nitrogens with one attached hydrogen (secondary N) is 1. The first kappa shape index (κ1) is 16.0. The Labute approximate surface area is 125 Å². The Hall–Kier alpha value is -1.34. The van der Waals surface area contributed by atoms with Crippen molar-refractivity contribution in [1.29, 1.82) is 0 Å². The molecule has 0 radical (unpaired) electrons. The normalized spacial score (nSPS) is 27.0. The van der Waals surface area contributed by atoms with Crippen LogP contribution in [-0.4, -0.2) is 77.9 Å². The number of hydrogen-bond acceptors (Lipinski definition) is 4. The van der Waals surface area contributed by atoms with Gasteiger partial charge in [-0.3, -0.25) is 9.69 Å². The van der Waals surface area contributed by atoms with Crippen molar-refractivity contribution in [2.75, 3.05) is 33.3 Å². The van der Waals surface area contributed by atoms with E-state index >= 15 is 0 Å². The SMILES string of the molecule is CCN(CC(=O)O)C1CC(NC(=O)N2CC(C)(OC)C2)C1. The fourth-order valence-electron chi connectivity index (χ4n) is 2.98. The van der Waals surface area contributed by atoms with Crippen LogP contribution < -0.4 is 5.32 Å². The summed E-state index contributed by atoms with van der Waals surface area (Å²) in [5, 5.41) is 11.8. The Morgan fingerprint density at radius 2 is 2.05 bits per heavy atom. The van der Waals surface area contributed by atoms with Gasteiger partial charge < -0.3 is 20.1 Å². The molecule has 21 heavy (non-hydrogen) atoms. The number of ether oxygens (including phenoxy) is 1. The second-order valence-corrected chi connectivity index (χ2v) is 6.24. The highest BCUT2D eigenvalue weighted by Gasteiger charge is 2.43. The van der Waals surface area contributed by atoms with Gasteiger partial charge in [0.2, 0.25) is 0 Å². The highest BCUT2D eigenvalue weighted by molar-refractivity contribution is 5.76. The van der Waals surface area contributed by atoms with Crippen LogP contribution in [0.15, 0.2) is 0 Å². The quantitative estimate of drug-likeness (QED) is 0.740. The predicted molar refractivity (Wildman–Crippen MR) is 77.2 cm³/mol. The molecule has 0 aromatic rings. The molecule has 1 aliphatic heterocycles. The number of carbonyl (C=O) groups excluding carboxylic acids is 1. The van der Waals surface area contributed by atoms with E-state index in [0.29, 0.717) is 13.1 Å². The van der Waals surface area contributed by atoms with Crippen LogP contribution in [0.4, 0.5) is 4.79 Å². The minimum Gasteiger partial charge on any atom is -0.480 e. The molecule has 2 rings (SSSR count). The maximum atomic E-state index is 12.0. The Bertz CT molecular complexity index is 403. The third kappa shape index (κ3) is 3.65. The minimum absolute atomic E-state index is 0.0470. The van der Waals surface area contributed by atoms with Crippen molar-refractivity contribution in [3.8, 4) is 0 Å². The summed E-state index contributed by atoms with van der Waals surface area (Å²) in [4.78, 5) is 26.5. The third-order valence-electron chi connectivity index (χ3n) is 4.53. The van der Waals surface area contributed by atoms with Crippen LogP contribution >= 0.6 is 0 Å². The number of methoxy groups -OCH3 is 1. The molecule has 0 aromatic carbocycles. The first-order valence-electron chi connectivity index (χ1n) is 7.43. The summed E-state index contributed by atoms with van der Waals surface area (Å²) >= 11 is 0. The van der Waals surface area contributed by atoms with Crippen molar-refractivity contribution in [2.45, 2.75) is 44.4 Å². The van der Waals surface area contributed by atoms with Gasteiger partial charge >= 0.3 is 12.0 Å². The maximum absolute atomic E-state index is 12.0. The summed E-state index contributed by atoms with van der Waals surface area (Å²) in [5.41, 5.74) is -0.208. The number of carboxylic acids is 1. The number of likely N-dealkylation sites (tertiary alicyclic amines) is 1. The molecule has 0 atom stereocenters. The Kier molecular flexibility index (Phi) is 4.73. The van der Waals surface area contributed by atoms with Crippen LogP contribution in [0.1, 0.15) is 26.7 Å². The lowest BCUT2D eigenvalue weighted by Gasteiger charge is -2.48. The monoisotopic (exact) mass is 299 g/mol. The van der Waals surface area contributed by atoms with Gasteiger partial charge in [0.15, 0.2) is 0 Å². The van der Waals surface area contributed by atoms with Crippen LogP contribution in [0.2, 0.25) is 0 Å². The van der Waals surface area contributed by atoms with Crippen molar-refractivity contribution in [3.05, 3.63) is 0 Å². The van der Waals surface area contributed by atoms with Crippen LogP contribution in [0, 0.1) is 0 Å². The van der Waals surface area contributed by atoms with Gasteiger partial charge in [-0.2, -0.15) is 0 Å². The molecule has 7 nitrogen and oxygen atoms in total. The molecule has 2 N–H and O–H groups in total. The van der Waals surface area contributed by atoms with Gasteiger partial charge in [-0.1, -0.05) is 6.92 Å². The number of aliphatic carboxylic acids is 1. The summed E-state index contributed by atoms with van der Waals surface area (Å²) < 4.78 is 5.32. The van der Waals surface area contributed by atoms with E-state index in [1.807, 2.05) is 18.7 Å². The van der Waals surface area contributed by atoms with E-state index in [0.717, 1.165) is 19.4 Å². The van der Waals surface area contributed by atoms with Gasteiger partial charge in [-0.25, -0.2) is 4.79 Å². The zero-order chi connectivity index (χ0) is 15.6. The number of carbonyl (C=O) groups is 2. The molecule has 0 aromatic heterocycles. The number of hydrogen-bond donors (Lipinski definition) is 2. The fourth-order valence-corrected chi connectivity index (χ4v) is 2.98. The van der Waals surface area contributed by atoms with Gasteiger partial charge in [0.05, 0.1) is 19.6 Å². The summed E-state index contributed by atoms with van der Waals surface area (Å²) in [5.74, 6) is -0.802. The van der Waals surface area contributed by atoms with Crippen LogP contribution in [0.3, 0.4) is 0 Å². The molecular weight excluding hydrogens is 274 g/mol. The molecule has 0 unspecified atom stereocenters. The highest BCUT2D eigenvalue weighted by atomic mass is 16.5. The van der Waals surface area contributed by atoms with Crippen LogP contribution in [0.25, 0.3) is 0 Å². The number of nitrogens with zero attached hydrogens (tertiary/aromatic N) is 2. The molecule has 7 heteroatoms. The topological polar surface area (TPSA) is 82.1 Å². The van der Waals surface area contributed by atoms with Crippen LogP contribution in [-0.2, 0) is 9.53 Å². The van der Waals surface area contributed by atoms with Crippen LogP contribution in [0.5, 0.6) is 0 Å². The van der Waals surface area contributed by atoms with E-state index in [-0.39, 0.29) is 30.3 Å². The maximum Gasteiger partial charge on any atom is 0.317 e. The van der Waals surface area contributed by atoms with Gasteiger partial charge in [0.1, 0.15) is 5.60 Å². The Morgan fingerprint density at radius 1 is 1.43 bits per heavy atom. The molecule has 2 aliphatic rings. The molecular formula is C14H25N3O4. The minimum atomic E-state index is -0.802. The molecule has 0 spiro atoms. The van der Waals surface area contributed by atoms with Crippen molar-refractivity contribution >= 4 is 12.0 Å². The van der Waals surface area contributed by atoms with Gasteiger partial charge in [0, 0.05) is 19.2 Å². The summed E-state index contributed by atoms with van der Waals surface area (Å²) in [6, 6.07) is 0.367. The van der Waals surface area contributed by atoms with Crippen molar-refractivity contribution in [2.24, 2.45) is 0 Å². The van der Waals surface area contributed by atoms with E-state index < -0.39 is 5.97 Å². The van der Waals surface area contributed by atoms with Crippen molar-refractivity contribution < 1.29 is 19.4 Å². The molecule has 1 saturated carbocycles. The third-order valence-corrected chi connectivity index (χ3v) is 4.53. The Morgan fingerprint density at radius 3 is 2.52 bits per heavy atom. The molecule has 2 fully saturated rings. The summed E-state index contributed by atoms with van der Waals surface area (Å²) in [6.07, 6.45) is 1.64. The largest absolute Gasteiger partial charge is 0.480 e. The highest BCUT2D eigenvalue weighted by Crippen LogP contribution is 2.27. The van der Waals surface area contributed by atoms with Gasteiger partial charge in [0.25, 0.3) is 0 Å². The fraction of sp³-hybridized carbons (Fsp3) is 0.857. The summed E-state index contributed by atoms with van der Waals surface area (Å²) in [6.45, 7) is 5.97. The van der Waals surface area contributed by atoms with Crippen molar-refractivity contribution in [3.63, 3.8) is 0 Å². The van der Waals surface area contributed by atoms with Gasteiger partial charge in [-0.05, 0) is 26.3 Å². The van der Waals surface area contributed by atoms with E-state index in [4.69, 9.17) is 9.84 Å². The lowest BCUT2D eigenvalue weighted by molar-refractivity contribution is -0.139. The number of carboxylic acid groups (broad SMARTS) is 1. The Balaban J connectivity index is 1.68. The molecule has 1 aliphatic carbocycles. The van der Waals surface area contributed by atoms with Gasteiger partial charge in [-0.15, -0.1) is 0 Å². The lowest BCUT2D eigenvalue weighted by atomic mass is 9.85. The second-order valence-electron chi connectivity index (χ2n) is 6.24. The predicted octanol–water partition coefficient (Wildman–Crippen LogP) is 0.354.